The first-order chi connectivity index (χ1) is 14.5. The van der Waals surface area contributed by atoms with E-state index in [2.05, 4.69) is 10.3 Å². The number of halogens is 1. The van der Waals surface area contributed by atoms with Gasteiger partial charge in [-0.1, -0.05) is 48.0 Å². The number of amides is 1. The van der Waals surface area contributed by atoms with Crippen LogP contribution in [-0.2, 0) is 0 Å². The number of para-hydroxylation sites is 1. The second-order valence-corrected chi connectivity index (χ2v) is 7.28. The van der Waals surface area contributed by atoms with E-state index in [-0.39, 0.29) is 17.5 Å². The molecule has 0 saturated heterocycles. The van der Waals surface area contributed by atoms with Crippen LogP contribution in [0.1, 0.15) is 27.4 Å². The lowest BCUT2D eigenvalue weighted by Gasteiger charge is -2.19. The van der Waals surface area contributed by atoms with E-state index in [1.54, 1.807) is 0 Å². The van der Waals surface area contributed by atoms with E-state index >= 15 is 0 Å². The van der Waals surface area contributed by atoms with Crippen molar-refractivity contribution in [2.24, 2.45) is 0 Å². The molecule has 0 spiro atoms. The topological polar surface area (TPSA) is 88.0 Å². The van der Waals surface area contributed by atoms with Crippen LogP contribution in [0.3, 0.4) is 0 Å². The van der Waals surface area contributed by atoms with Crippen molar-refractivity contribution in [1.82, 2.24) is 10.3 Å². The predicted molar refractivity (Wildman–Crippen MR) is 117 cm³/mol. The number of nitro groups is 1. The highest BCUT2D eigenvalue weighted by Crippen LogP contribution is 2.34. The molecule has 0 aliphatic heterocycles. The Morgan fingerprint density at radius 3 is 2.43 bits per heavy atom. The lowest BCUT2D eigenvalue weighted by atomic mass is 9.90. The number of rotatable bonds is 6. The molecule has 0 fully saturated rings. The summed E-state index contributed by atoms with van der Waals surface area (Å²) in [4.78, 5) is 26.3. The molecule has 2 N–H and O–H groups in total. The normalized spacial score (nSPS) is 11.9. The third kappa shape index (κ3) is 3.90. The highest BCUT2D eigenvalue weighted by molar-refractivity contribution is 6.31. The van der Waals surface area contributed by atoms with E-state index in [9.17, 15) is 14.9 Å². The van der Waals surface area contributed by atoms with Crippen molar-refractivity contribution in [3.63, 3.8) is 0 Å². The molecule has 0 aliphatic carbocycles. The third-order valence-corrected chi connectivity index (χ3v) is 5.43. The maximum Gasteiger partial charge on any atom is 0.269 e. The molecule has 7 heteroatoms. The van der Waals surface area contributed by atoms with Crippen LogP contribution in [0.5, 0.6) is 0 Å². The van der Waals surface area contributed by atoms with Crippen LogP contribution in [-0.4, -0.2) is 22.4 Å². The molecule has 150 valence electrons. The molecular weight excluding hydrogens is 402 g/mol. The fourth-order valence-electron chi connectivity index (χ4n) is 3.56. The lowest BCUT2D eigenvalue weighted by molar-refractivity contribution is -0.384. The Bertz CT molecular complexity index is 1220. The first kappa shape index (κ1) is 19.7. The fourth-order valence-corrected chi connectivity index (χ4v) is 3.83. The fraction of sp³-hybridized carbons (Fsp3) is 0.0870. The molecule has 4 rings (SSSR count). The Hall–Kier alpha value is -3.64. The zero-order valence-electron chi connectivity index (χ0n) is 15.8. The number of nitrogens with one attached hydrogen (secondary N) is 2. The van der Waals surface area contributed by atoms with Crippen molar-refractivity contribution in [3.05, 3.63) is 111 Å². The SMILES string of the molecule is O=C(NCC(c1ccccc1Cl)c1c[nH]c2ccccc12)c1ccc([N+](=O)[O-])cc1. The van der Waals surface area contributed by atoms with Gasteiger partial charge >= 0.3 is 0 Å². The lowest BCUT2D eigenvalue weighted by Crippen LogP contribution is -2.29. The van der Waals surface area contributed by atoms with Gasteiger partial charge in [-0.3, -0.25) is 14.9 Å². The highest BCUT2D eigenvalue weighted by Gasteiger charge is 2.21. The molecule has 1 amide bonds. The Morgan fingerprint density at radius 2 is 1.70 bits per heavy atom. The van der Waals surface area contributed by atoms with Gasteiger partial charge in [0.05, 0.1) is 4.92 Å². The van der Waals surface area contributed by atoms with Gasteiger partial charge in [-0.15, -0.1) is 0 Å². The van der Waals surface area contributed by atoms with Gasteiger partial charge in [-0.2, -0.15) is 0 Å². The van der Waals surface area contributed by atoms with Gasteiger partial charge in [0.1, 0.15) is 0 Å². The van der Waals surface area contributed by atoms with Crippen LogP contribution < -0.4 is 5.32 Å². The molecule has 30 heavy (non-hydrogen) atoms. The summed E-state index contributed by atoms with van der Waals surface area (Å²) >= 11 is 6.48. The van der Waals surface area contributed by atoms with Gasteiger partial charge in [0, 0.05) is 52.3 Å². The van der Waals surface area contributed by atoms with Gasteiger partial charge < -0.3 is 10.3 Å². The minimum atomic E-state index is -0.494. The van der Waals surface area contributed by atoms with Crippen molar-refractivity contribution >= 4 is 34.1 Å². The van der Waals surface area contributed by atoms with Crippen LogP contribution in [0.4, 0.5) is 5.69 Å². The van der Waals surface area contributed by atoms with Crippen molar-refractivity contribution in [2.75, 3.05) is 6.54 Å². The number of carbonyl (C=O) groups is 1. The quantitative estimate of drug-likeness (QED) is 0.328. The number of hydrogen-bond acceptors (Lipinski definition) is 3. The first-order valence-electron chi connectivity index (χ1n) is 9.37. The molecule has 0 radical (unpaired) electrons. The second-order valence-electron chi connectivity index (χ2n) is 6.88. The summed E-state index contributed by atoms with van der Waals surface area (Å²) < 4.78 is 0. The number of aromatic nitrogens is 1. The smallest absolute Gasteiger partial charge is 0.269 e. The minimum Gasteiger partial charge on any atom is -0.361 e. The Kier molecular flexibility index (Phi) is 5.50. The molecule has 0 saturated carbocycles. The van der Waals surface area contributed by atoms with E-state index in [0.29, 0.717) is 17.1 Å². The molecule has 1 unspecified atom stereocenters. The molecule has 4 aromatic rings. The van der Waals surface area contributed by atoms with Crippen molar-refractivity contribution in [3.8, 4) is 0 Å². The summed E-state index contributed by atoms with van der Waals surface area (Å²) in [6.07, 6.45) is 1.94. The Balaban J connectivity index is 1.63. The summed E-state index contributed by atoms with van der Waals surface area (Å²) in [6, 6.07) is 21.1. The number of carbonyl (C=O) groups excluding carboxylic acids is 1. The van der Waals surface area contributed by atoms with Gasteiger partial charge in [0.15, 0.2) is 0 Å². The third-order valence-electron chi connectivity index (χ3n) is 5.08. The number of nitrogens with zero attached hydrogens (tertiary/aromatic N) is 1. The summed E-state index contributed by atoms with van der Waals surface area (Å²) in [5, 5.41) is 15.4. The van der Waals surface area contributed by atoms with Crippen LogP contribution in [0.2, 0.25) is 5.02 Å². The average Bonchev–Trinajstić information content (AvgIpc) is 3.19. The number of non-ortho nitro benzene ring substituents is 1. The average molecular weight is 420 g/mol. The molecular formula is C23H18ClN3O3. The van der Waals surface area contributed by atoms with E-state index < -0.39 is 4.92 Å². The number of aromatic amines is 1. The molecule has 1 atom stereocenters. The van der Waals surface area contributed by atoms with Crippen LogP contribution >= 0.6 is 11.6 Å². The van der Waals surface area contributed by atoms with Crippen molar-refractivity contribution in [2.45, 2.75) is 5.92 Å². The number of hydrogen-bond donors (Lipinski definition) is 2. The van der Waals surface area contributed by atoms with Crippen LogP contribution in [0.15, 0.2) is 79.0 Å². The molecule has 1 heterocycles. The largest absolute Gasteiger partial charge is 0.361 e. The second kappa shape index (κ2) is 8.39. The first-order valence-corrected chi connectivity index (χ1v) is 9.75. The highest BCUT2D eigenvalue weighted by atomic mass is 35.5. The number of fused-ring (bicyclic) bond motifs is 1. The van der Waals surface area contributed by atoms with Gasteiger partial charge in [-0.05, 0) is 35.4 Å². The van der Waals surface area contributed by atoms with Gasteiger partial charge in [0.25, 0.3) is 11.6 Å². The maximum atomic E-state index is 12.7. The molecule has 0 aliphatic rings. The van der Waals surface area contributed by atoms with Crippen LogP contribution in [0, 0.1) is 10.1 Å². The Morgan fingerprint density at radius 1 is 1.00 bits per heavy atom. The molecule has 1 aromatic heterocycles. The monoisotopic (exact) mass is 419 g/mol. The Labute approximate surface area is 177 Å². The maximum absolute atomic E-state index is 12.7. The van der Waals surface area contributed by atoms with E-state index in [0.717, 1.165) is 22.0 Å². The van der Waals surface area contributed by atoms with Crippen molar-refractivity contribution in [1.29, 1.82) is 0 Å². The van der Waals surface area contributed by atoms with Gasteiger partial charge in [-0.25, -0.2) is 0 Å². The van der Waals surface area contributed by atoms with E-state index in [4.69, 9.17) is 11.6 Å². The molecule has 6 nitrogen and oxygen atoms in total. The van der Waals surface area contributed by atoms with E-state index in [1.165, 1.54) is 24.3 Å². The summed E-state index contributed by atoms with van der Waals surface area (Å²) in [5.41, 5.74) is 3.25. The van der Waals surface area contributed by atoms with Gasteiger partial charge in [0.2, 0.25) is 0 Å². The summed E-state index contributed by atoms with van der Waals surface area (Å²) in [5.74, 6) is -0.473. The van der Waals surface area contributed by atoms with E-state index in [1.807, 2.05) is 54.7 Å². The molecule has 3 aromatic carbocycles. The predicted octanol–water partition coefficient (Wildman–Crippen LogP) is 5.29. The molecule has 0 bridgehead atoms. The summed E-state index contributed by atoms with van der Waals surface area (Å²) in [6.45, 7) is 0.321. The standard InChI is InChI=1S/C23H18ClN3O3/c24-21-7-3-1-5-17(21)19(20-13-25-22-8-4-2-6-18(20)22)14-26-23(28)15-9-11-16(12-10-15)27(29)30/h1-13,19,25H,14H2,(H,26,28). The zero-order valence-corrected chi connectivity index (χ0v) is 16.6. The van der Waals surface area contributed by atoms with Crippen molar-refractivity contribution < 1.29 is 9.72 Å². The number of H-pyrrole nitrogens is 1. The zero-order chi connectivity index (χ0) is 21.1. The number of nitro benzene ring substituents is 1. The van der Waals surface area contributed by atoms with Crippen LogP contribution in [0.25, 0.3) is 10.9 Å². The minimum absolute atomic E-state index is 0.0562. The summed E-state index contributed by atoms with van der Waals surface area (Å²) in [7, 11) is 0. The number of benzene rings is 3.